The van der Waals surface area contributed by atoms with Crippen molar-refractivity contribution in [1.29, 1.82) is 0 Å². The third-order valence-electron chi connectivity index (χ3n) is 4.67. The third-order valence-corrected chi connectivity index (χ3v) is 4.67. The standard InChI is InChI=1S/C21H23N3O4/c25-21(11-8-17-6-9-19(10-7-17)24(26)27)22-16-20(18-4-2-1-3-5-18)23-12-14-28-15-13-23/h1-11,20H,12-16H2,(H,22,25)/b11-8+. The van der Waals surface area contributed by atoms with Crippen LogP contribution in [0.1, 0.15) is 17.2 Å². The summed E-state index contributed by atoms with van der Waals surface area (Å²) in [6.07, 6.45) is 3.09. The molecule has 0 saturated carbocycles. The Bertz CT molecular complexity index is 815. The van der Waals surface area contributed by atoms with Crippen molar-refractivity contribution in [2.75, 3.05) is 32.8 Å². The number of benzene rings is 2. The number of morpholine rings is 1. The Morgan fingerprint density at radius 1 is 1.14 bits per heavy atom. The highest BCUT2D eigenvalue weighted by Crippen LogP contribution is 2.21. The van der Waals surface area contributed by atoms with Crippen LogP contribution in [-0.4, -0.2) is 48.6 Å². The molecule has 0 aliphatic carbocycles. The van der Waals surface area contributed by atoms with Crippen LogP contribution in [-0.2, 0) is 9.53 Å². The Hall–Kier alpha value is -3.03. The Kier molecular flexibility index (Phi) is 6.89. The smallest absolute Gasteiger partial charge is 0.269 e. The summed E-state index contributed by atoms with van der Waals surface area (Å²) in [7, 11) is 0. The summed E-state index contributed by atoms with van der Waals surface area (Å²) in [6.45, 7) is 3.53. The lowest BCUT2D eigenvalue weighted by molar-refractivity contribution is -0.384. The maximum Gasteiger partial charge on any atom is 0.269 e. The number of non-ortho nitro benzene ring substituents is 1. The highest BCUT2D eigenvalue weighted by atomic mass is 16.6. The molecule has 146 valence electrons. The molecule has 2 aromatic carbocycles. The normalized spacial score (nSPS) is 16.0. The van der Waals surface area contributed by atoms with Crippen molar-refractivity contribution < 1.29 is 14.5 Å². The van der Waals surface area contributed by atoms with E-state index >= 15 is 0 Å². The molecule has 0 spiro atoms. The van der Waals surface area contributed by atoms with Gasteiger partial charge in [-0.25, -0.2) is 0 Å². The van der Waals surface area contributed by atoms with Gasteiger partial charge in [0.25, 0.3) is 5.69 Å². The fourth-order valence-electron chi connectivity index (χ4n) is 3.16. The van der Waals surface area contributed by atoms with E-state index < -0.39 is 4.92 Å². The predicted molar refractivity (Wildman–Crippen MR) is 107 cm³/mol. The molecule has 1 fully saturated rings. The van der Waals surface area contributed by atoms with Gasteiger partial charge in [0.15, 0.2) is 0 Å². The fourth-order valence-corrected chi connectivity index (χ4v) is 3.16. The highest BCUT2D eigenvalue weighted by molar-refractivity contribution is 5.91. The van der Waals surface area contributed by atoms with Gasteiger partial charge in [0.05, 0.1) is 24.2 Å². The first-order chi connectivity index (χ1) is 13.6. The highest BCUT2D eigenvalue weighted by Gasteiger charge is 2.22. The summed E-state index contributed by atoms with van der Waals surface area (Å²) >= 11 is 0. The molecule has 0 aromatic heterocycles. The lowest BCUT2D eigenvalue weighted by Crippen LogP contribution is -2.43. The van der Waals surface area contributed by atoms with Crippen LogP contribution < -0.4 is 5.32 Å². The van der Waals surface area contributed by atoms with Gasteiger partial charge >= 0.3 is 0 Å². The van der Waals surface area contributed by atoms with E-state index in [0.717, 1.165) is 24.2 Å². The summed E-state index contributed by atoms with van der Waals surface area (Å²) in [5, 5.41) is 13.6. The molecule has 2 aromatic rings. The van der Waals surface area contributed by atoms with E-state index in [4.69, 9.17) is 4.74 Å². The average molecular weight is 381 g/mol. The Labute approximate surface area is 163 Å². The summed E-state index contributed by atoms with van der Waals surface area (Å²) in [4.78, 5) is 24.8. The van der Waals surface area contributed by atoms with Crippen LogP contribution in [0, 0.1) is 10.1 Å². The molecule has 1 amide bonds. The molecular formula is C21H23N3O4. The topological polar surface area (TPSA) is 84.7 Å². The van der Waals surface area contributed by atoms with Gasteiger partial charge in [-0.2, -0.15) is 0 Å². The van der Waals surface area contributed by atoms with Gasteiger partial charge < -0.3 is 10.1 Å². The maximum absolute atomic E-state index is 12.3. The Morgan fingerprint density at radius 3 is 2.46 bits per heavy atom. The van der Waals surface area contributed by atoms with E-state index in [1.165, 1.54) is 18.2 Å². The number of carbonyl (C=O) groups excluding carboxylic acids is 1. The zero-order chi connectivity index (χ0) is 19.8. The molecule has 3 rings (SSSR count). The van der Waals surface area contributed by atoms with Crippen molar-refractivity contribution in [2.45, 2.75) is 6.04 Å². The minimum absolute atomic E-state index is 0.0258. The van der Waals surface area contributed by atoms with Crippen molar-refractivity contribution in [3.05, 3.63) is 81.9 Å². The van der Waals surface area contributed by atoms with Gasteiger partial charge in [-0.15, -0.1) is 0 Å². The van der Waals surface area contributed by atoms with E-state index in [1.807, 2.05) is 18.2 Å². The number of hydrogen-bond acceptors (Lipinski definition) is 5. The zero-order valence-corrected chi connectivity index (χ0v) is 15.5. The van der Waals surface area contributed by atoms with Crippen molar-refractivity contribution >= 4 is 17.7 Å². The minimum atomic E-state index is -0.449. The van der Waals surface area contributed by atoms with Crippen LogP contribution in [0.5, 0.6) is 0 Å². The van der Waals surface area contributed by atoms with Crippen LogP contribution in [0.15, 0.2) is 60.7 Å². The predicted octanol–water partition coefficient (Wildman–Crippen LogP) is 2.80. The van der Waals surface area contributed by atoms with Crippen LogP contribution in [0.2, 0.25) is 0 Å². The Balaban J connectivity index is 1.60. The minimum Gasteiger partial charge on any atom is -0.379 e. The SMILES string of the molecule is O=C(/C=C/c1ccc([N+](=O)[O-])cc1)NCC(c1ccccc1)N1CCOCC1. The number of nitrogens with zero attached hydrogens (tertiary/aromatic N) is 2. The van der Waals surface area contributed by atoms with E-state index in [2.05, 4.69) is 22.3 Å². The number of ether oxygens (including phenoxy) is 1. The molecule has 28 heavy (non-hydrogen) atoms. The van der Waals surface area contributed by atoms with Crippen molar-refractivity contribution in [3.63, 3.8) is 0 Å². The first-order valence-electron chi connectivity index (χ1n) is 9.20. The zero-order valence-electron chi connectivity index (χ0n) is 15.5. The molecule has 1 unspecified atom stereocenters. The van der Waals surface area contributed by atoms with Gasteiger partial charge in [0, 0.05) is 37.8 Å². The largest absolute Gasteiger partial charge is 0.379 e. The second-order valence-electron chi connectivity index (χ2n) is 6.50. The molecule has 1 atom stereocenters. The summed E-state index contributed by atoms with van der Waals surface area (Å²) in [5.74, 6) is -0.201. The summed E-state index contributed by atoms with van der Waals surface area (Å²) in [6, 6.07) is 16.3. The second-order valence-corrected chi connectivity index (χ2v) is 6.50. The number of carbonyl (C=O) groups is 1. The number of nitro groups is 1. The van der Waals surface area contributed by atoms with Gasteiger partial charge in [-0.05, 0) is 29.3 Å². The molecule has 0 bridgehead atoms. The molecule has 0 radical (unpaired) electrons. The van der Waals surface area contributed by atoms with E-state index in [9.17, 15) is 14.9 Å². The lowest BCUT2D eigenvalue weighted by atomic mass is 10.0. The number of nitrogens with one attached hydrogen (secondary N) is 1. The van der Waals surface area contributed by atoms with Crippen LogP contribution in [0.25, 0.3) is 6.08 Å². The number of nitro benzene ring substituents is 1. The van der Waals surface area contributed by atoms with Crippen molar-refractivity contribution in [2.24, 2.45) is 0 Å². The van der Waals surface area contributed by atoms with Gasteiger partial charge in [0.1, 0.15) is 0 Å². The van der Waals surface area contributed by atoms with Gasteiger partial charge in [-0.1, -0.05) is 30.3 Å². The number of hydrogen-bond donors (Lipinski definition) is 1. The Morgan fingerprint density at radius 2 is 1.82 bits per heavy atom. The lowest BCUT2D eigenvalue weighted by Gasteiger charge is -2.34. The number of rotatable bonds is 7. The van der Waals surface area contributed by atoms with E-state index in [-0.39, 0.29) is 17.6 Å². The quantitative estimate of drug-likeness (QED) is 0.453. The first-order valence-corrected chi connectivity index (χ1v) is 9.20. The molecule has 1 N–H and O–H groups in total. The fraction of sp³-hybridized carbons (Fsp3) is 0.286. The van der Waals surface area contributed by atoms with Gasteiger partial charge in [-0.3, -0.25) is 19.8 Å². The van der Waals surface area contributed by atoms with Crippen LogP contribution in [0.4, 0.5) is 5.69 Å². The summed E-state index contributed by atoms with van der Waals surface area (Å²) < 4.78 is 5.44. The van der Waals surface area contributed by atoms with E-state index in [1.54, 1.807) is 18.2 Å². The van der Waals surface area contributed by atoms with Crippen LogP contribution in [0.3, 0.4) is 0 Å². The van der Waals surface area contributed by atoms with Crippen molar-refractivity contribution in [3.8, 4) is 0 Å². The molecule has 7 heteroatoms. The third kappa shape index (κ3) is 5.48. The van der Waals surface area contributed by atoms with Crippen LogP contribution >= 0.6 is 0 Å². The molecule has 1 heterocycles. The number of amides is 1. The monoisotopic (exact) mass is 381 g/mol. The molecular weight excluding hydrogens is 358 g/mol. The van der Waals surface area contributed by atoms with E-state index in [0.29, 0.717) is 19.8 Å². The van der Waals surface area contributed by atoms with Gasteiger partial charge in [0.2, 0.25) is 5.91 Å². The first kappa shape index (κ1) is 19.7. The molecule has 7 nitrogen and oxygen atoms in total. The van der Waals surface area contributed by atoms with Crippen molar-refractivity contribution in [1.82, 2.24) is 10.2 Å². The average Bonchev–Trinajstić information content (AvgIpc) is 2.74. The molecule has 1 aliphatic heterocycles. The summed E-state index contributed by atoms with van der Waals surface area (Å²) in [5.41, 5.74) is 1.91. The molecule has 1 aliphatic rings. The maximum atomic E-state index is 12.3. The second kappa shape index (κ2) is 9.77. The molecule has 1 saturated heterocycles.